The molecule has 8 nitrogen and oxygen atoms in total. The first-order valence-electron chi connectivity index (χ1n) is 7.58. The van der Waals surface area contributed by atoms with Crippen LogP contribution < -0.4 is 40.2 Å². The van der Waals surface area contributed by atoms with Gasteiger partial charge in [-0.05, 0) is 18.4 Å². The van der Waals surface area contributed by atoms with Crippen molar-refractivity contribution in [2.75, 3.05) is 5.73 Å². The number of rotatable bonds is 6. The van der Waals surface area contributed by atoms with Crippen LogP contribution in [0.5, 0.6) is 0 Å². The molecule has 0 radical (unpaired) electrons. The molecule has 2 atom stereocenters. The van der Waals surface area contributed by atoms with Gasteiger partial charge in [0.2, 0.25) is 5.95 Å². The van der Waals surface area contributed by atoms with E-state index in [0.29, 0.717) is 29.7 Å². The topological polar surface area (TPSA) is 130 Å². The molecule has 2 unspecified atom stereocenters. The minimum Gasteiger partial charge on any atom is -0.778 e. The van der Waals surface area contributed by atoms with Gasteiger partial charge in [0, 0.05) is 12.2 Å². The summed E-state index contributed by atoms with van der Waals surface area (Å²) in [5, 5.41) is 0.169. The van der Waals surface area contributed by atoms with Crippen LogP contribution in [0.4, 0.5) is 5.95 Å². The fourth-order valence-electron chi connectivity index (χ4n) is 2.74. The maximum Gasteiger partial charge on any atom is 1.00 e. The van der Waals surface area contributed by atoms with Crippen LogP contribution in [0.1, 0.15) is 24.1 Å². The molecule has 0 fully saturated rings. The van der Waals surface area contributed by atoms with Crippen molar-refractivity contribution in [3.63, 3.8) is 0 Å². The normalized spacial score (nSPS) is 14.6. The molecule has 26 heavy (non-hydrogen) atoms. The molecule has 0 bridgehead atoms. The van der Waals surface area contributed by atoms with Gasteiger partial charge in [-0.25, -0.2) is 4.98 Å². The monoisotopic (exact) mass is 403 g/mol. The van der Waals surface area contributed by atoms with Crippen molar-refractivity contribution in [1.29, 1.82) is 0 Å². The zero-order chi connectivity index (χ0) is 18.0. The van der Waals surface area contributed by atoms with E-state index in [-0.39, 0.29) is 47.1 Å². The molecule has 0 saturated heterocycles. The smallest absolute Gasteiger partial charge is 0.778 e. The molecule has 0 spiro atoms. The maximum absolute atomic E-state index is 11.7. The third kappa shape index (κ3) is 4.84. The van der Waals surface area contributed by atoms with Crippen LogP contribution >= 0.6 is 19.2 Å². The van der Waals surface area contributed by atoms with Crippen molar-refractivity contribution in [2.24, 2.45) is 0 Å². The molecule has 0 amide bonds. The molecule has 0 aliphatic rings. The van der Waals surface area contributed by atoms with Gasteiger partial charge in [-0.3, -0.25) is 0 Å². The first-order chi connectivity index (χ1) is 11.9. The number of aromatic nitrogens is 4. The van der Waals surface area contributed by atoms with Crippen molar-refractivity contribution in [3.8, 4) is 0 Å². The molecule has 3 aromatic rings. The van der Waals surface area contributed by atoms with E-state index in [1.165, 1.54) is 0 Å². The van der Waals surface area contributed by atoms with Crippen molar-refractivity contribution >= 4 is 36.3 Å². The van der Waals surface area contributed by atoms with Gasteiger partial charge in [0.25, 0.3) is 0 Å². The summed E-state index contributed by atoms with van der Waals surface area (Å²) < 4.78 is 13.5. The average molecular weight is 404 g/mol. The predicted octanol–water partition coefficient (Wildman–Crippen LogP) is -0.867. The average Bonchev–Trinajstić information content (AvgIpc) is 2.94. The number of nitrogens with zero attached hydrogens (tertiary/aromatic N) is 4. The molecular formula is C15H16ClN5NaO3P. The number of aryl methyl sites for hydroxylation is 1. The van der Waals surface area contributed by atoms with Crippen molar-refractivity contribution in [3.05, 3.63) is 47.4 Å². The number of benzene rings is 1. The standard InChI is InChI=1S/C15H17ClN5O3P.Na/c16-13-12-14(20-15(17)19-13)21(9-18-12)8-4-7-11(25(22,23)24)10-5-2-1-3-6-10;/h1-3,5-6,9,11H,4,7-8H2,(H2,17,19,20)(H2,22,23,24);/q;+1/p-1. The van der Waals surface area contributed by atoms with Crippen molar-refractivity contribution in [1.82, 2.24) is 19.5 Å². The molecule has 0 saturated carbocycles. The Morgan fingerprint density at radius 1 is 1.31 bits per heavy atom. The number of imidazole rings is 1. The first-order valence-corrected chi connectivity index (χ1v) is 9.61. The second kappa shape index (κ2) is 8.80. The molecule has 2 aromatic heterocycles. The van der Waals surface area contributed by atoms with Crippen LogP contribution in [-0.2, 0) is 11.1 Å². The van der Waals surface area contributed by atoms with Gasteiger partial charge >= 0.3 is 29.6 Å². The van der Waals surface area contributed by atoms with Gasteiger partial charge in [-0.2, -0.15) is 9.97 Å². The quantitative estimate of drug-likeness (QED) is 0.311. The van der Waals surface area contributed by atoms with Crippen LogP contribution in [0.15, 0.2) is 36.7 Å². The molecule has 2 heterocycles. The summed E-state index contributed by atoms with van der Waals surface area (Å²) in [6.07, 6.45) is 2.30. The fourth-order valence-corrected chi connectivity index (χ4v) is 4.02. The Hall–Kier alpha value is -0.990. The first kappa shape index (κ1) is 21.3. The van der Waals surface area contributed by atoms with Crippen LogP contribution in [0.25, 0.3) is 11.2 Å². The van der Waals surface area contributed by atoms with Gasteiger partial charge in [0.05, 0.1) is 6.33 Å². The number of anilines is 1. The molecule has 0 aliphatic heterocycles. The number of halogens is 1. The molecule has 0 aliphatic carbocycles. The largest absolute Gasteiger partial charge is 1.00 e. The number of nitrogen functional groups attached to an aromatic ring is 1. The van der Waals surface area contributed by atoms with Crippen LogP contribution in [-0.4, -0.2) is 24.4 Å². The van der Waals surface area contributed by atoms with Gasteiger partial charge in [0.1, 0.15) is 13.1 Å². The molecule has 11 heteroatoms. The zero-order valence-electron chi connectivity index (χ0n) is 14.1. The van der Waals surface area contributed by atoms with Crippen LogP contribution in [0.3, 0.4) is 0 Å². The van der Waals surface area contributed by atoms with E-state index < -0.39 is 13.3 Å². The summed E-state index contributed by atoms with van der Waals surface area (Å²) in [4.78, 5) is 33.4. The van der Waals surface area contributed by atoms with Gasteiger partial charge < -0.3 is 24.7 Å². The Balaban J connectivity index is 0.00000243. The third-order valence-electron chi connectivity index (χ3n) is 3.89. The Bertz CT molecular complexity index is 934. The van der Waals surface area contributed by atoms with Crippen LogP contribution in [0, 0.1) is 0 Å². The number of hydrogen-bond acceptors (Lipinski definition) is 6. The van der Waals surface area contributed by atoms with Gasteiger partial charge in [-0.15, -0.1) is 0 Å². The SMILES string of the molecule is Nc1nc(Cl)c2ncn(CCCC(c3ccccc3)P(=O)([O-])O)c2n1.[Na+]. The molecular weight excluding hydrogens is 388 g/mol. The molecule has 3 N–H and O–H groups in total. The summed E-state index contributed by atoms with van der Waals surface area (Å²) in [6.45, 7) is 0.451. The maximum atomic E-state index is 11.7. The van der Waals surface area contributed by atoms with Crippen molar-refractivity contribution < 1.29 is 43.9 Å². The summed E-state index contributed by atoms with van der Waals surface area (Å²) in [6, 6.07) is 8.64. The predicted molar refractivity (Wildman–Crippen MR) is 93.0 cm³/mol. The molecule has 3 rings (SSSR count). The van der Waals surface area contributed by atoms with E-state index in [4.69, 9.17) is 17.3 Å². The Labute approximate surface area is 177 Å². The minimum atomic E-state index is -4.51. The van der Waals surface area contributed by atoms with Crippen molar-refractivity contribution in [2.45, 2.75) is 25.0 Å². The molecule has 1 aromatic carbocycles. The Morgan fingerprint density at radius 2 is 2.00 bits per heavy atom. The summed E-state index contributed by atoms with van der Waals surface area (Å²) >= 11 is 5.98. The number of hydrogen-bond donors (Lipinski definition) is 2. The van der Waals surface area contributed by atoms with Gasteiger partial charge in [0.15, 0.2) is 10.8 Å². The second-order valence-electron chi connectivity index (χ2n) is 5.62. The van der Waals surface area contributed by atoms with E-state index in [9.17, 15) is 14.4 Å². The third-order valence-corrected chi connectivity index (χ3v) is 5.50. The number of nitrogens with two attached hydrogens (primary N) is 1. The van der Waals surface area contributed by atoms with Crippen LogP contribution in [0.2, 0.25) is 5.15 Å². The van der Waals surface area contributed by atoms with E-state index >= 15 is 0 Å². The van der Waals surface area contributed by atoms with Gasteiger partial charge in [-0.1, -0.05) is 41.9 Å². The summed E-state index contributed by atoms with van der Waals surface area (Å²) in [5.41, 5.74) is 6.14. The minimum absolute atomic E-state index is 0. The summed E-state index contributed by atoms with van der Waals surface area (Å²) in [7, 11) is -4.51. The Kier molecular flexibility index (Phi) is 7.21. The van der Waals surface area contributed by atoms with E-state index in [2.05, 4.69) is 15.0 Å². The fraction of sp³-hybridized carbons (Fsp3) is 0.267. The Morgan fingerprint density at radius 3 is 2.65 bits per heavy atom. The zero-order valence-corrected chi connectivity index (χ0v) is 17.8. The van der Waals surface area contributed by atoms with E-state index in [0.717, 1.165) is 0 Å². The molecule has 132 valence electrons. The summed E-state index contributed by atoms with van der Waals surface area (Å²) in [5.74, 6) is 0.0424. The number of fused-ring (bicyclic) bond motifs is 1. The van der Waals surface area contributed by atoms with E-state index in [1.54, 1.807) is 41.2 Å². The second-order valence-corrected chi connectivity index (χ2v) is 7.73. The van der Waals surface area contributed by atoms with E-state index in [1.807, 2.05) is 0 Å².